The minimum absolute atomic E-state index is 0.0196. The van der Waals surface area contributed by atoms with Gasteiger partial charge in [0.2, 0.25) is 5.78 Å². The van der Waals surface area contributed by atoms with Crippen molar-refractivity contribution < 1.29 is 24.2 Å². The molecule has 0 unspecified atom stereocenters. The molecule has 0 amide bonds. The van der Waals surface area contributed by atoms with Crippen molar-refractivity contribution in [2.24, 2.45) is 28.6 Å². The number of carbonyl (C=O) groups is 3. The van der Waals surface area contributed by atoms with Crippen LogP contribution in [0, 0.1) is 28.6 Å². The lowest BCUT2D eigenvalue weighted by atomic mass is 9.46. The molecule has 4 aliphatic carbocycles. The van der Waals surface area contributed by atoms with Gasteiger partial charge in [0.15, 0.2) is 11.4 Å². The Morgan fingerprint density at radius 3 is 2.62 bits per heavy atom. The highest BCUT2D eigenvalue weighted by Gasteiger charge is 2.76. The van der Waals surface area contributed by atoms with Gasteiger partial charge >= 0.3 is 5.97 Å². The second-order valence-electron chi connectivity index (χ2n) is 11.2. The molecule has 0 saturated heterocycles. The molecule has 4 rings (SSSR count). The fourth-order valence-electron chi connectivity index (χ4n) is 8.00. The second-order valence-corrected chi connectivity index (χ2v) is 12.4. The summed E-state index contributed by atoms with van der Waals surface area (Å²) < 4.78 is 6.13. The minimum Gasteiger partial charge on any atom is -0.450 e. The zero-order chi connectivity index (χ0) is 25.1. The molecule has 5 nitrogen and oxygen atoms in total. The highest BCUT2D eigenvalue weighted by Crippen LogP contribution is 2.72. The van der Waals surface area contributed by atoms with Crippen LogP contribution in [0.4, 0.5) is 0 Å². The van der Waals surface area contributed by atoms with Crippen LogP contribution in [0.5, 0.6) is 0 Å². The lowest BCUT2D eigenvalue weighted by Gasteiger charge is -2.64. The first-order chi connectivity index (χ1) is 15.9. The van der Waals surface area contributed by atoms with Crippen LogP contribution in [-0.2, 0) is 19.1 Å². The Hall–Kier alpha value is -1.17. The van der Waals surface area contributed by atoms with Gasteiger partial charge in [0, 0.05) is 23.2 Å². The van der Waals surface area contributed by atoms with Crippen LogP contribution in [-0.4, -0.2) is 45.1 Å². The molecule has 8 atom stereocenters. The molecule has 1 N–H and O–H groups in total. The standard InChI is InChI=1S/C27H36Cl2O5/c1-5-6-7-23(33)34-27(22(32)15-30)16(2)12-20-19-9-8-17-13-18(31)10-11-24(17,3)26(19,29)21(28)14-25(20,27)4/h10-11,13,16,19-21,30H,5-9,12,14-15H2,1-4H3/t16-,19-,20-,21-,24-,25-,26-,27+/m0/s1. The van der Waals surface area contributed by atoms with Crippen molar-refractivity contribution in [1.82, 2.24) is 0 Å². The third-order valence-electron chi connectivity index (χ3n) is 9.70. The molecule has 3 fully saturated rings. The SMILES string of the molecule is CCCCC(=O)O[C@@]1(C(=O)CO)[C@@H](C)C[C@H]2[C@@H]3CCC4=CC(=O)C=C[C@]4(C)[C@@]3(Cl)[C@@H](Cl)C[C@@]21C. The van der Waals surface area contributed by atoms with Gasteiger partial charge in [0.05, 0.1) is 10.3 Å². The summed E-state index contributed by atoms with van der Waals surface area (Å²) in [6, 6.07) is 0. The predicted molar refractivity (Wildman–Crippen MR) is 132 cm³/mol. The number of ketones is 2. The Kier molecular flexibility index (Phi) is 6.66. The summed E-state index contributed by atoms with van der Waals surface area (Å²) in [7, 11) is 0. The molecule has 0 aromatic heterocycles. The Bertz CT molecular complexity index is 959. The van der Waals surface area contributed by atoms with Gasteiger partial charge in [-0.1, -0.05) is 45.8 Å². The van der Waals surface area contributed by atoms with Gasteiger partial charge in [-0.15, -0.1) is 23.2 Å². The molecule has 0 aromatic rings. The Balaban J connectivity index is 1.80. The summed E-state index contributed by atoms with van der Waals surface area (Å²) in [5.74, 6) is -1.22. The van der Waals surface area contributed by atoms with E-state index in [1.807, 2.05) is 26.8 Å². The number of aliphatic hydroxyl groups is 1. The first kappa shape index (κ1) is 25.9. The van der Waals surface area contributed by atoms with Crippen LogP contribution in [0.15, 0.2) is 23.8 Å². The van der Waals surface area contributed by atoms with Crippen LogP contribution >= 0.6 is 23.2 Å². The van der Waals surface area contributed by atoms with Gasteiger partial charge in [-0.25, -0.2) is 0 Å². The second kappa shape index (κ2) is 8.74. The van der Waals surface area contributed by atoms with Crippen molar-refractivity contribution in [1.29, 1.82) is 0 Å². The van der Waals surface area contributed by atoms with Crippen LogP contribution in [0.3, 0.4) is 0 Å². The fraction of sp³-hybridized carbons (Fsp3) is 0.741. The molecule has 0 heterocycles. The molecular weight excluding hydrogens is 475 g/mol. The lowest BCUT2D eigenvalue weighted by Crippen LogP contribution is -2.68. The van der Waals surface area contributed by atoms with Gasteiger partial charge in [-0.05, 0) is 56.1 Å². The molecule has 0 aliphatic heterocycles. The quantitative estimate of drug-likeness (QED) is 0.394. The summed E-state index contributed by atoms with van der Waals surface area (Å²) in [5, 5.41) is 9.46. The van der Waals surface area contributed by atoms with Gasteiger partial charge in [0.25, 0.3) is 0 Å². The van der Waals surface area contributed by atoms with Crippen LogP contribution in [0.25, 0.3) is 0 Å². The number of fused-ring (bicyclic) bond motifs is 5. The zero-order valence-corrected chi connectivity index (χ0v) is 22.0. The van der Waals surface area contributed by atoms with E-state index in [1.54, 1.807) is 12.2 Å². The maximum atomic E-state index is 13.4. The van der Waals surface area contributed by atoms with E-state index in [2.05, 4.69) is 6.92 Å². The molecule has 188 valence electrons. The van der Waals surface area contributed by atoms with E-state index in [4.69, 9.17) is 27.9 Å². The van der Waals surface area contributed by atoms with Crippen molar-refractivity contribution >= 4 is 40.7 Å². The van der Waals surface area contributed by atoms with E-state index in [0.29, 0.717) is 19.3 Å². The van der Waals surface area contributed by atoms with E-state index >= 15 is 0 Å². The molecule has 0 bridgehead atoms. The van der Waals surface area contributed by atoms with Gasteiger partial charge < -0.3 is 9.84 Å². The van der Waals surface area contributed by atoms with Crippen molar-refractivity contribution in [3.63, 3.8) is 0 Å². The monoisotopic (exact) mass is 510 g/mol. The number of hydrogen-bond acceptors (Lipinski definition) is 5. The number of Topliss-reactive ketones (excluding diaryl/α,β-unsaturated/α-hetero) is 1. The van der Waals surface area contributed by atoms with Gasteiger partial charge in [0.1, 0.15) is 6.61 Å². The number of alkyl halides is 2. The predicted octanol–water partition coefficient (Wildman–Crippen LogP) is 5.15. The zero-order valence-electron chi connectivity index (χ0n) is 20.5. The van der Waals surface area contributed by atoms with Crippen molar-refractivity contribution in [3.05, 3.63) is 23.8 Å². The maximum Gasteiger partial charge on any atom is 0.306 e. The topological polar surface area (TPSA) is 80.7 Å². The number of allylic oxidation sites excluding steroid dienone is 4. The van der Waals surface area contributed by atoms with Gasteiger partial charge in [-0.3, -0.25) is 14.4 Å². The van der Waals surface area contributed by atoms with E-state index < -0.39 is 45.0 Å². The Labute approximate surface area is 212 Å². The fourth-order valence-corrected chi connectivity index (χ4v) is 9.23. The number of unbranched alkanes of at least 4 members (excludes halogenated alkanes) is 1. The third-order valence-corrected chi connectivity index (χ3v) is 11.3. The van der Waals surface area contributed by atoms with Crippen LogP contribution in [0.1, 0.15) is 72.6 Å². The Morgan fingerprint density at radius 2 is 1.97 bits per heavy atom. The van der Waals surface area contributed by atoms with Crippen molar-refractivity contribution in [2.45, 2.75) is 88.5 Å². The van der Waals surface area contributed by atoms with Crippen LogP contribution < -0.4 is 0 Å². The molecule has 34 heavy (non-hydrogen) atoms. The minimum atomic E-state index is -1.43. The molecule has 3 saturated carbocycles. The molecule has 4 aliphatic rings. The normalized spacial score (nSPS) is 45.1. The average Bonchev–Trinajstić information content (AvgIpc) is 3.00. The van der Waals surface area contributed by atoms with Crippen LogP contribution in [0.2, 0.25) is 0 Å². The molecule has 0 spiro atoms. The molecule has 7 heteroatoms. The van der Waals surface area contributed by atoms with Crippen molar-refractivity contribution in [3.8, 4) is 0 Å². The Morgan fingerprint density at radius 1 is 1.26 bits per heavy atom. The number of hydrogen-bond donors (Lipinski definition) is 1. The first-order valence-electron chi connectivity index (χ1n) is 12.6. The number of ether oxygens (including phenoxy) is 1. The van der Waals surface area contributed by atoms with Crippen molar-refractivity contribution in [2.75, 3.05) is 6.61 Å². The summed E-state index contributed by atoms with van der Waals surface area (Å²) in [6.07, 6.45) is 9.47. The molecule has 0 radical (unpaired) electrons. The smallest absolute Gasteiger partial charge is 0.306 e. The highest BCUT2D eigenvalue weighted by atomic mass is 35.5. The summed E-state index contributed by atoms with van der Waals surface area (Å²) in [6.45, 7) is 7.32. The average molecular weight is 511 g/mol. The molecular formula is C27H36Cl2O5. The third kappa shape index (κ3) is 3.25. The summed E-state index contributed by atoms with van der Waals surface area (Å²) in [5.41, 5.74) is -1.75. The largest absolute Gasteiger partial charge is 0.450 e. The van der Waals surface area contributed by atoms with Gasteiger partial charge in [-0.2, -0.15) is 0 Å². The van der Waals surface area contributed by atoms with E-state index in [9.17, 15) is 19.5 Å². The first-order valence-corrected chi connectivity index (χ1v) is 13.4. The highest BCUT2D eigenvalue weighted by molar-refractivity contribution is 6.34. The maximum absolute atomic E-state index is 13.4. The number of esters is 1. The summed E-state index contributed by atoms with van der Waals surface area (Å²) >= 11 is 14.8. The molecule has 0 aromatic carbocycles. The van der Waals surface area contributed by atoms with E-state index in [0.717, 1.165) is 24.8 Å². The number of halogens is 2. The number of carbonyl (C=O) groups excluding carboxylic acids is 3. The van der Waals surface area contributed by atoms with E-state index in [1.165, 1.54) is 0 Å². The number of rotatable bonds is 6. The lowest BCUT2D eigenvalue weighted by molar-refractivity contribution is -0.195. The summed E-state index contributed by atoms with van der Waals surface area (Å²) in [4.78, 5) is 37.6. The van der Waals surface area contributed by atoms with E-state index in [-0.39, 0.29) is 30.0 Å². The number of aliphatic hydroxyl groups excluding tert-OH is 1.